The van der Waals surface area contributed by atoms with Crippen molar-refractivity contribution in [1.29, 1.82) is 0 Å². The lowest BCUT2D eigenvalue weighted by Gasteiger charge is -2.38. The Kier molecular flexibility index (Phi) is 4.18. The lowest BCUT2D eigenvalue weighted by Crippen LogP contribution is -2.44. The Morgan fingerprint density at radius 1 is 1.37 bits per heavy atom. The van der Waals surface area contributed by atoms with Gasteiger partial charge >= 0.3 is 0 Å². The smallest absolute Gasteiger partial charge is 0.0823 e. The molecule has 1 aromatic carbocycles. The molecule has 1 spiro atoms. The Hall–Kier alpha value is -0.0900. The molecule has 2 aliphatic heterocycles. The molecule has 2 nitrogen and oxygen atoms in total. The van der Waals surface area contributed by atoms with Gasteiger partial charge in [0.25, 0.3) is 0 Å². The van der Waals surface area contributed by atoms with Crippen molar-refractivity contribution in [3.8, 4) is 0 Å². The molecule has 104 valence electrons. The van der Waals surface area contributed by atoms with E-state index < -0.39 is 0 Å². The Balaban J connectivity index is 1.71. The van der Waals surface area contributed by atoms with Crippen LogP contribution in [0.1, 0.15) is 19.3 Å². The lowest BCUT2D eigenvalue weighted by atomic mass is 9.90. The average molecular weight is 318 g/mol. The van der Waals surface area contributed by atoms with Gasteiger partial charge in [-0.1, -0.05) is 29.3 Å². The van der Waals surface area contributed by atoms with Crippen molar-refractivity contribution >= 4 is 40.7 Å². The van der Waals surface area contributed by atoms with Gasteiger partial charge in [0.05, 0.1) is 21.3 Å². The fraction of sp³-hybridized carbons (Fsp3) is 0.571. The standard InChI is InChI=1S/C14H17Cl2NOS/c15-11-2-1-3-12(13(11)16)17-10-4-6-18-14(8-10)5-7-19-9-14/h1-3,10,17H,4-9H2. The van der Waals surface area contributed by atoms with Gasteiger partial charge in [-0.15, -0.1) is 0 Å². The zero-order valence-electron chi connectivity index (χ0n) is 10.6. The number of benzene rings is 1. The molecule has 0 saturated carbocycles. The largest absolute Gasteiger partial charge is 0.381 e. The molecule has 19 heavy (non-hydrogen) atoms. The molecule has 3 rings (SSSR count). The van der Waals surface area contributed by atoms with Crippen LogP contribution in [0.2, 0.25) is 10.0 Å². The van der Waals surface area contributed by atoms with Crippen LogP contribution in [0.3, 0.4) is 0 Å². The quantitative estimate of drug-likeness (QED) is 0.870. The number of rotatable bonds is 2. The van der Waals surface area contributed by atoms with E-state index in [1.807, 2.05) is 30.0 Å². The summed E-state index contributed by atoms with van der Waals surface area (Å²) in [4.78, 5) is 0. The number of nitrogens with one attached hydrogen (secondary N) is 1. The highest BCUT2D eigenvalue weighted by Gasteiger charge is 2.40. The van der Waals surface area contributed by atoms with E-state index in [0.29, 0.717) is 16.1 Å². The Bertz CT molecular complexity index is 463. The third-order valence-corrected chi connectivity index (χ3v) is 5.91. The minimum Gasteiger partial charge on any atom is -0.381 e. The molecule has 0 bridgehead atoms. The van der Waals surface area contributed by atoms with Crippen molar-refractivity contribution in [2.24, 2.45) is 0 Å². The topological polar surface area (TPSA) is 21.3 Å². The molecule has 2 saturated heterocycles. The van der Waals surface area contributed by atoms with Crippen LogP contribution in [0.15, 0.2) is 18.2 Å². The first-order valence-electron chi connectivity index (χ1n) is 6.61. The van der Waals surface area contributed by atoms with Crippen LogP contribution in [0.5, 0.6) is 0 Å². The monoisotopic (exact) mass is 317 g/mol. The summed E-state index contributed by atoms with van der Waals surface area (Å²) < 4.78 is 6.03. The third-order valence-electron chi connectivity index (χ3n) is 3.87. The Morgan fingerprint density at radius 3 is 3.05 bits per heavy atom. The highest BCUT2D eigenvalue weighted by atomic mass is 35.5. The summed E-state index contributed by atoms with van der Waals surface area (Å²) in [6.07, 6.45) is 3.25. The zero-order chi connectivity index (χ0) is 13.3. The molecule has 2 aliphatic rings. The number of ether oxygens (including phenoxy) is 1. The maximum atomic E-state index is 6.23. The van der Waals surface area contributed by atoms with Gasteiger partial charge in [-0.25, -0.2) is 0 Å². The van der Waals surface area contributed by atoms with E-state index in [4.69, 9.17) is 27.9 Å². The van der Waals surface area contributed by atoms with Crippen molar-refractivity contribution in [1.82, 2.24) is 0 Å². The minimum absolute atomic E-state index is 0.0889. The van der Waals surface area contributed by atoms with E-state index in [9.17, 15) is 0 Å². The molecule has 0 radical (unpaired) electrons. The SMILES string of the molecule is Clc1cccc(NC2CCOC3(CCSC3)C2)c1Cl. The van der Waals surface area contributed by atoms with Crippen molar-refractivity contribution in [3.05, 3.63) is 28.2 Å². The van der Waals surface area contributed by atoms with Crippen LogP contribution in [0, 0.1) is 0 Å². The second-order valence-electron chi connectivity index (χ2n) is 5.27. The first kappa shape index (κ1) is 13.9. The predicted molar refractivity (Wildman–Crippen MR) is 83.7 cm³/mol. The average Bonchev–Trinajstić information content (AvgIpc) is 2.83. The van der Waals surface area contributed by atoms with Gasteiger partial charge in [0.2, 0.25) is 0 Å². The van der Waals surface area contributed by atoms with Gasteiger partial charge in [0.1, 0.15) is 0 Å². The summed E-state index contributed by atoms with van der Waals surface area (Å²) in [5.41, 5.74) is 1.02. The summed E-state index contributed by atoms with van der Waals surface area (Å²) in [7, 11) is 0. The highest BCUT2D eigenvalue weighted by molar-refractivity contribution is 7.99. The van der Waals surface area contributed by atoms with E-state index in [0.717, 1.165) is 30.9 Å². The van der Waals surface area contributed by atoms with Gasteiger partial charge < -0.3 is 10.1 Å². The van der Waals surface area contributed by atoms with Crippen LogP contribution in [0.25, 0.3) is 0 Å². The molecule has 0 aliphatic carbocycles. The fourth-order valence-electron chi connectivity index (χ4n) is 2.85. The van der Waals surface area contributed by atoms with Gasteiger partial charge in [-0.05, 0) is 37.1 Å². The molecule has 2 atom stereocenters. The van der Waals surface area contributed by atoms with Gasteiger partial charge in [0.15, 0.2) is 0 Å². The van der Waals surface area contributed by atoms with Crippen LogP contribution >= 0.6 is 35.0 Å². The number of anilines is 1. The number of hydrogen-bond acceptors (Lipinski definition) is 3. The normalized spacial score (nSPS) is 30.7. The summed E-state index contributed by atoms with van der Waals surface area (Å²) >= 11 is 14.3. The fourth-order valence-corrected chi connectivity index (χ4v) is 4.58. The summed E-state index contributed by atoms with van der Waals surface area (Å²) in [5, 5.41) is 4.75. The molecule has 2 unspecified atom stereocenters. The number of thioether (sulfide) groups is 1. The Labute approximate surface area is 128 Å². The van der Waals surface area contributed by atoms with E-state index in [1.54, 1.807) is 0 Å². The van der Waals surface area contributed by atoms with E-state index in [1.165, 1.54) is 12.2 Å². The molecule has 0 amide bonds. The first-order valence-corrected chi connectivity index (χ1v) is 8.52. The van der Waals surface area contributed by atoms with Gasteiger partial charge in [-0.2, -0.15) is 11.8 Å². The van der Waals surface area contributed by atoms with Gasteiger partial charge in [0, 0.05) is 18.4 Å². The van der Waals surface area contributed by atoms with Crippen molar-refractivity contribution in [2.75, 3.05) is 23.4 Å². The van der Waals surface area contributed by atoms with Crippen LogP contribution < -0.4 is 5.32 Å². The molecule has 0 aromatic heterocycles. The zero-order valence-corrected chi connectivity index (χ0v) is 13.0. The second-order valence-corrected chi connectivity index (χ2v) is 7.16. The molecule has 1 aromatic rings. The predicted octanol–water partition coefficient (Wildman–Crippen LogP) is 4.46. The lowest BCUT2D eigenvalue weighted by molar-refractivity contribution is -0.0628. The Morgan fingerprint density at radius 2 is 2.26 bits per heavy atom. The molecule has 5 heteroatoms. The maximum absolute atomic E-state index is 6.23. The number of hydrogen-bond donors (Lipinski definition) is 1. The highest BCUT2D eigenvalue weighted by Crippen LogP contribution is 2.39. The number of halogens is 2. The second kappa shape index (κ2) is 5.72. The molecule has 2 heterocycles. The van der Waals surface area contributed by atoms with Crippen LogP contribution in [0.4, 0.5) is 5.69 Å². The molecule has 1 N–H and O–H groups in total. The third kappa shape index (κ3) is 2.99. The molecule has 2 fully saturated rings. The summed E-state index contributed by atoms with van der Waals surface area (Å²) in [6, 6.07) is 6.15. The minimum atomic E-state index is 0.0889. The van der Waals surface area contributed by atoms with Crippen molar-refractivity contribution in [2.45, 2.75) is 30.9 Å². The summed E-state index contributed by atoms with van der Waals surface area (Å²) in [5.74, 6) is 2.33. The summed E-state index contributed by atoms with van der Waals surface area (Å²) in [6.45, 7) is 0.830. The maximum Gasteiger partial charge on any atom is 0.0823 e. The van der Waals surface area contributed by atoms with Crippen molar-refractivity contribution in [3.63, 3.8) is 0 Å². The van der Waals surface area contributed by atoms with Gasteiger partial charge in [-0.3, -0.25) is 0 Å². The van der Waals surface area contributed by atoms with E-state index >= 15 is 0 Å². The van der Waals surface area contributed by atoms with Crippen molar-refractivity contribution < 1.29 is 4.74 Å². The van der Waals surface area contributed by atoms with E-state index in [-0.39, 0.29) is 5.60 Å². The van der Waals surface area contributed by atoms with Crippen LogP contribution in [-0.4, -0.2) is 29.8 Å². The molecular weight excluding hydrogens is 301 g/mol. The first-order chi connectivity index (χ1) is 9.19. The van der Waals surface area contributed by atoms with E-state index in [2.05, 4.69) is 5.32 Å². The van der Waals surface area contributed by atoms with Crippen LogP contribution in [-0.2, 0) is 4.74 Å². The molecular formula is C14H17Cl2NOS.